The number of carbonyl (C=O) groups is 1. The molecule has 2 N–H and O–H groups in total. The molecule has 3 rings (SSSR count). The molecule has 0 radical (unpaired) electrons. The van der Waals surface area contributed by atoms with E-state index in [1.165, 1.54) is 24.3 Å². The first-order valence-corrected chi connectivity index (χ1v) is 6.26. The van der Waals surface area contributed by atoms with Crippen LogP contribution in [0.1, 0.15) is 22.3 Å². The Balaban J connectivity index is 1.78. The van der Waals surface area contributed by atoms with Crippen molar-refractivity contribution in [1.29, 1.82) is 0 Å². The van der Waals surface area contributed by atoms with Crippen molar-refractivity contribution < 1.29 is 4.79 Å². The van der Waals surface area contributed by atoms with Crippen molar-refractivity contribution in [3.8, 4) is 0 Å². The summed E-state index contributed by atoms with van der Waals surface area (Å²) < 4.78 is 0. The zero-order chi connectivity index (χ0) is 13.1. The van der Waals surface area contributed by atoms with E-state index in [0.717, 1.165) is 30.8 Å². The molecule has 0 aliphatic carbocycles. The van der Waals surface area contributed by atoms with Crippen molar-refractivity contribution in [1.82, 2.24) is 9.97 Å². The fourth-order valence-electron chi connectivity index (χ4n) is 2.17. The Kier molecular flexibility index (Phi) is 3.10. The second kappa shape index (κ2) is 5.06. The molecule has 0 saturated carbocycles. The van der Waals surface area contributed by atoms with Gasteiger partial charge in [-0.1, -0.05) is 0 Å². The van der Waals surface area contributed by atoms with Gasteiger partial charge < -0.3 is 10.6 Å². The second-order valence-electron chi connectivity index (χ2n) is 4.48. The van der Waals surface area contributed by atoms with Crippen molar-refractivity contribution >= 4 is 17.3 Å². The molecule has 96 valence electrons. The van der Waals surface area contributed by atoms with Crippen LogP contribution in [0, 0.1) is 0 Å². The summed E-state index contributed by atoms with van der Waals surface area (Å²) in [6.45, 7) is 1.01. The van der Waals surface area contributed by atoms with Crippen LogP contribution in [-0.2, 0) is 6.42 Å². The van der Waals surface area contributed by atoms with Crippen LogP contribution in [0.15, 0.2) is 36.9 Å². The zero-order valence-electron chi connectivity index (χ0n) is 10.4. The Hall–Kier alpha value is -2.43. The maximum atomic E-state index is 12.0. The van der Waals surface area contributed by atoms with Crippen molar-refractivity contribution in [3.05, 3.63) is 48.0 Å². The van der Waals surface area contributed by atoms with Gasteiger partial charge in [0.1, 0.15) is 6.33 Å². The van der Waals surface area contributed by atoms with Crippen LogP contribution in [0.3, 0.4) is 0 Å². The lowest BCUT2D eigenvalue weighted by atomic mass is 10.0. The van der Waals surface area contributed by atoms with E-state index in [-0.39, 0.29) is 5.91 Å². The minimum absolute atomic E-state index is 0.190. The molecule has 0 bridgehead atoms. The first-order chi connectivity index (χ1) is 9.33. The fourth-order valence-corrected chi connectivity index (χ4v) is 2.17. The summed E-state index contributed by atoms with van der Waals surface area (Å²) in [4.78, 5) is 19.6. The molecule has 1 aliphatic rings. The number of aromatic nitrogens is 2. The third-order valence-electron chi connectivity index (χ3n) is 3.12. The average Bonchev–Trinajstić information content (AvgIpc) is 2.48. The van der Waals surface area contributed by atoms with Crippen LogP contribution in [-0.4, -0.2) is 22.4 Å². The minimum atomic E-state index is -0.190. The van der Waals surface area contributed by atoms with Gasteiger partial charge in [0.2, 0.25) is 0 Å². The molecule has 0 spiro atoms. The van der Waals surface area contributed by atoms with Crippen LogP contribution in [0.4, 0.5) is 11.4 Å². The highest BCUT2D eigenvalue weighted by Crippen LogP contribution is 2.25. The summed E-state index contributed by atoms with van der Waals surface area (Å²) in [7, 11) is 0. The third-order valence-corrected chi connectivity index (χ3v) is 3.12. The lowest BCUT2D eigenvalue weighted by Gasteiger charge is -2.18. The minimum Gasteiger partial charge on any atom is -0.385 e. The van der Waals surface area contributed by atoms with Crippen LogP contribution >= 0.6 is 0 Å². The van der Waals surface area contributed by atoms with E-state index in [4.69, 9.17) is 0 Å². The number of amides is 1. The first kappa shape index (κ1) is 11.6. The second-order valence-corrected chi connectivity index (χ2v) is 4.48. The topological polar surface area (TPSA) is 66.9 Å². The molecular weight excluding hydrogens is 240 g/mol. The average molecular weight is 254 g/mol. The Morgan fingerprint density at radius 2 is 2.11 bits per heavy atom. The highest BCUT2D eigenvalue weighted by molar-refractivity contribution is 6.03. The van der Waals surface area contributed by atoms with Crippen LogP contribution in [0.5, 0.6) is 0 Å². The molecule has 0 unspecified atom stereocenters. The van der Waals surface area contributed by atoms with E-state index in [1.807, 2.05) is 18.2 Å². The molecule has 1 aliphatic heterocycles. The first-order valence-electron chi connectivity index (χ1n) is 6.26. The van der Waals surface area contributed by atoms with E-state index in [1.54, 1.807) is 0 Å². The maximum Gasteiger partial charge on any atom is 0.258 e. The third kappa shape index (κ3) is 2.54. The molecule has 0 fully saturated rings. The molecule has 2 aromatic rings. The van der Waals surface area contributed by atoms with Gasteiger partial charge in [-0.3, -0.25) is 4.79 Å². The predicted octanol–water partition coefficient (Wildman–Crippen LogP) is 2.09. The standard InChI is InChI=1S/C14H14N4O/c19-14(11-7-15-9-16-8-11)18-12-3-4-13-10(6-12)2-1-5-17-13/h3-4,6-9,17H,1-2,5H2,(H,18,19). The van der Waals surface area contributed by atoms with Crippen molar-refractivity contribution in [2.24, 2.45) is 0 Å². The number of carbonyl (C=O) groups excluding carboxylic acids is 1. The zero-order valence-corrected chi connectivity index (χ0v) is 10.4. The Morgan fingerprint density at radius 1 is 1.26 bits per heavy atom. The van der Waals surface area contributed by atoms with E-state index < -0.39 is 0 Å². The SMILES string of the molecule is O=C(Nc1ccc2c(c1)CCCN2)c1cncnc1. The van der Waals surface area contributed by atoms with Crippen molar-refractivity contribution in [2.75, 3.05) is 17.2 Å². The molecule has 1 aromatic carbocycles. The van der Waals surface area contributed by atoms with Gasteiger partial charge in [-0.15, -0.1) is 0 Å². The summed E-state index contributed by atoms with van der Waals surface area (Å²) in [6, 6.07) is 5.92. The van der Waals surface area contributed by atoms with Gasteiger partial charge in [0.05, 0.1) is 5.56 Å². The normalized spacial score (nSPS) is 13.3. The van der Waals surface area contributed by atoms with Crippen LogP contribution < -0.4 is 10.6 Å². The van der Waals surface area contributed by atoms with E-state index >= 15 is 0 Å². The summed E-state index contributed by atoms with van der Waals surface area (Å²) in [6.07, 6.45) is 6.57. The lowest BCUT2D eigenvalue weighted by molar-refractivity contribution is 0.102. The smallest absolute Gasteiger partial charge is 0.258 e. The van der Waals surface area contributed by atoms with Crippen LogP contribution in [0.25, 0.3) is 0 Å². The van der Waals surface area contributed by atoms with E-state index in [9.17, 15) is 4.79 Å². The van der Waals surface area contributed by atoms with Gasteiger partial charge in [0.15, 0.2) is 0 Å². The van der Waals surface area contributed by atoms with Gasteiger partial charge in [-0.05, 0) is 36.6 Å². The quantitative estimate of drug-likeness (QED) is 0.861. The van der Waals surface area contributed by atoms with E-state index in [2.05, 4.69) is 20.6 Å². The molecule has 0 saturated heterocycles. The molecule has 5 heteroatoms. The molecule has 5 nitrogen and oxygen atoms in total. The van der Waals surface area contributed by atoms with Crippen molar-refractivity contribution in [3.63, 3.8) is 0 Å². The van der Waals surface area contributed by atoms with Gasteiger partial charge >= 0.3 is 0 Å². The number of nitrogens with one attached hydrogen (secondary N) is 2. The molecular formula is C14H14N4O. The van der Waals surface area contributed by atoms with Gasteiger partial charge in [0, 0.05) is 30.3 Å². The molecule has 2 heterocycles. The number of anilines is 2. The number of fused-ring (bicyclic) bond motifs is 1. The number of nitrogens with zero attached hydrogens (tertiary/aromatic N) is 2. The highest BCUT2D eigenvalue weighted by Gasteiger charge is 2.11. The van der Waals surface area contributed by atoms with Crippen LogP contribution in [0.2, 0.25) is 0 Å². The predicted molar refractivity (Wildman–Crippen MR) is 73.2 cm³/mol. The van der Waals surface area contributed by atoms with Gasteiger partial charge in [0.25, 0.3) is 5.91 Å². The number of aryl methyl sites for hydroxylation is 1. The molecule has 0 atom stereocenters. The van der Waals surface area contributed by atoms with Gasteiger partial charge in [-0.2, -0.15) is 0 Å². The highest BCUT2D eigenvalue weighted by atomic mass is 16.1. The molecule has 1 amide bonds. The monoisotopic (exact) mass is 254 g/mol. The number of benzene rings is 1. The number of hydrogen-bond acceptors (Lipinski definition) is 4. The Labute approximate surface area is 111 Å². The number of hydrogen-bond donors (Lipinski definition) is 2. The van der Waals surface area contributed by atoms with Crippen molar-refractivity contribution in [2.45, 2.75) is 12.8 Å². The largest absolute Gasteiger partial charge is 0.385 e. The molecule has 19 heavy (non-hydrogen) atoms. The Morgan fingerprint density at radius 3 is 2.95 bits per heavy atom. The maximum absolute atomic E-state index is 12.0. The van der Waals surface area contributed by atoms with Gasteiger partial charge in [-0.25, -0.2) is 9.97 Å². The lowest BCUT2D eigenvalue weighted by Crippen LogP contribution is -2.15. The summed E-state index contributed by atoms with van der Waals surface area (Å²) in [5.74, 6) is -0.190. The summed E-state index contributed by atoms with van der Waals surface area (Å²) in [5.41, 5.74) is 3.66. The summed E-state index contributed by atoms with van der Waals surface area (Å²) >= 11 is 0. The summed E-state index contributed by atoms with van der Waals surface area (Å²) in [5, 5.41) is 6.20. The van der Waals surface area contributed by atoms with E-state index in [0.29, 0.717) is 5.56 Å². The molecule has 1 aromatic heterocycles. The Bertz CT molecular complexity index is 598. The number of rotatable bonds is 2. The fraction of sp³-hybridized carbons (Fsp3) is 0.214.